The third-order valence-corrected chi connectivity index (χ3v) is 2.83. The van der Waals surface area contributed by atoms with Crippen LogP contribution < -0.4 is 5.32 Å². The van der Waals surface area contributed by atoms with Crippen molar-refractivity contribution in [2.75, 3.05) is 25.5 Å². The summed E-state index contributed by atoms with van der Waals surface area (Å²) in [5.74, 6) is 0.586. The van der Waals surface area contributed by atoms with Gasteiger partial charge in [0.05, 0.1) is 17.3 Å². The van der Waals surface area contributed by atoms with Crippen molar-refractivity contribution >= 4 is 17.4 Å². The molecule has 3 nitrogen and oxygen atoms in total. The van der Waals surface area contributed by atoms with E-state index in [0.717, 1.165) is 0 Å². The fraction of sp³-hybridized carbons (Fsp3) is 0.583. The van der Waals surface area contributed by atoms with E-state index in [-0.39, 0.29) is 6.54 Å². The quantitative estimate of drug-likeness (QED) is 0.870. The summed E-state index contributed by atoms with van der Waals surface area (Å²) in [5, 5.41) is 3.21. The highest BCUT2D eigenvalue weighted by Gasteiger charge is 2.30. The van der Waals surface area contributed by atoms with Crippen LogP contribution in [-0.2, 0) is 6.54 Å². The molecule has 0 unspecified atom stereocenters. The van der Waals surface area contributed by atoms with Gasteiger partial charge in [-0.15, -0.1) is 0 Å². The van der Waals surface area contributed by atoms with Crippen LogP contribution in [0, 0.1) is 0 Å². The van der Waals surface area contributed by atoms with Crippen LogP contribution in [0.15, 0.2) is 12.1 Å². The van der Waals surface area contributed by atoms with Gasteiger partial charge in [0.2, 0.25) is 0 Å². The second kappa shape index (κ2) is 6.96. The van der Waals surface area contributed by atoms with Crippen molar-refractivity contribution in [3.63, 3.8) is 0 Å². The van der Waals surface area contributed by atoms with Crippen LogP contribution in [0.4, 0.5) is 19.0 Å². The molecule has 108 valence electrons. The van der Waals surface area contributed by atoms with E-state index >= 15 is 0 Å². The van der Waals surface area contributed by atoms with E-state index in [0.29, 0.717) is 29.5 Å². The van der Waals surface area contributed by atoms with Gasteiger partial charge in [-0.25, -0.2) is 4.98 Å². The molecule has 0 spiro atoms. The maximum Gasteiger partial charge on any atom is 0.401 e. The molecule has 0 fully saturated rings. The fourth-order valence-corrected chi connectivity index (χ4v) is 1.90. The lowest BCUT2D eigenvalue weighted by Gasteiger charge is -2.23. The van der Waals surface area contributed by atoms with Crippen molar-refractivity contribution < 1.29 is 13.2 Å². The Labute approximate surface area is 115 Å². The van der Waals surface area contributed by atoms with Gasteiger partial charge >= 0.3 is 6.18 Å². The van der Waals surface area contributed by atoms with Crippen molar-refractivity contribution in [2.24, 2.45) is 0 Å². The molecule has 0 amide bonds. The highest BCUT2D eigenvalue weighted by Crippen LogP contribution is 2.22. The van der Waals surface area contributed by atoms with Gasteiger partial charge in [0, 0.05) is 13.6 Å². The Kier molecular flexibility index (Phi) is 5.87. The first-order chi connectivity index (χ1) is 8.85. The number of anilines is 1. The second-order valence-corrected chi connectivity index (χ2v) is 4.61. The lowest BCUT2D eigenvalue weighted by atomic mass is 10.3. The zero-order valence-electron chi connectivity index (χ0n) is 10.9. The van der Waals surface area contributed by atoms with E-state index < -0.39 is 12.7 Å². The van der Waals surface area contributed by atoms with Crippen LogP contribution in [0.3, 0.4) is 0 Å². The van der Waals surface area contributed by atoms with Crippen molar-refractivity contribution in [1.29, 1.82) is 0 Å². The highest BCUT2D eigenvalue weighted by atomic mass is 35.5. The Morgan fingerprint density at radius 3 is 2.58 bits per heavy atom. The standard InChI is InChI=1S/C12H17ClF3N3/c1-3-6-19(8-12(14,15)16)7-10-9(13)4-5-11(17-2)18-10/h4-5H,3,6-8H2,1-2H3,(H,17,18). The Hall–Kier alpha value is -1.01. The van der Waals surface area contributed by atoms with Crippen LogP contribution in [-0.4, -0.2) is 36.2 Å². The van der Waals surface area contributed by atoms with E-state index in [1.165, 1.54) is 4.90 Å². The fourth-order valence-electron chi connectivity index (χ4n) is 1.73. The second-order valence-electron chi connectivity index (χ2n) is 4.20. The molecule has 0 atom stereocenters. The third kappa shape index (κ3) is 5.65. The molecule has 0 aliphatic rings. The molecule has 1 N–H and O–H groups in total. The zero-order valence-corrected chi connectivity index (χ0v) is 11.6. The van der Waals surface area contributed by atoms with Gasteiger partial charge < -0.3 is 5.32 Å². The van der Waals surface area contributed by atoms with Gasteiger partial charge in [0.25, 0.3) is 0 Å². The summed E-state index contributed by atoms with van der Waals surface area (Å²) < 4.78 is 37.4. The van der Waals surface area contributed by atoms with Crippen LogP contribution >= 0.6 is 11.6 Å². The summed E-state index contributed by atoms with van der Waals surface area (Å²) in [6.45, 7) is 1.31. The van der Waals surface area contributed by atoms with Gasteiger partial charge in [-0.3, -0.25) is 4.90 Å². The number of hydrogen-bond acceptors (Lipinski definition) is 3. The Morgan fingerprint density at radius 2 is 2.05 bits per heavy atom. The van der Waals surface area contributed by atoms with E-state index in [1.54, 1.807) is 19.2 Å². The van der Waals surface area contributed by atoms with Gasteiger partial charge in [-0.2, -0.15) is 13.2 Å². The summed E-state index contributed by atoms with van der Waals surface area (Å²) in [7, 11) is 1.69. The van der Waals surface area contributed by atoms with Crippen LogP contribution in [0.1, 0.15) is 19.0 Å². The van der Waals surface area contributed by atoms with Crippen molar-refractivity contribution in [1.82, 2.24) is 9.88 Å². The van der Waals surface area contributed by atoms with Gasteiger partial charge in [0.15, 0.2) is 0 Å². The molecule has 1 aromatic rings. The minimum atomic E-state index is -4.22. The summed E-state index contributed by atoms with van der Waals surface area (Å²) >= 11 is 5.97. The molecule has 0 bridgehead atoms. The maximum absolute atomic E-state index is 12.5. The van der Waals surface area contributed by atoms with E-state index in [4.69, 9.17) is 11.6 Å². The summed E-state index contributed by atoms with van der Waals surface area (Å²) in [6.07, 6.45) is -3.58. The predicted molar refractivity (Wildman–Crippen MR) is 70.4 cm³/mol. The zero-order chi connectivity index (χ0) is 14.5. The lowest BCUT2D eigenvalue weighted by Crippen LogP contribution is -2.34. The van der Waals surface area contributed by atoms with E-state index in [1.807, 2.05) is 6.92 Å². The molecule has 19 heavy (non-hydrogen) atoms. The minimum Gasteiger partial charge on any atom is -0.373 e. The number of pyridine rings is 1. The molecule has 0 saturated heterocycles. The molecule has 0 aliphatic carbocycles. The molecule has 0 aromatic carbocycles. The van der Waals surface area contributed by atoms with Crippen molar-refractivity contribution in [3.8, 4) is 0 Å². The molecular formula is C12H17ClF3N3. The molecular weight excluding hydrogens is 279 g/mol. The highest BCUT2D eigenvalue weighted by molar-refractivity contribution is 6.31. The monoisotopic (exact) mass is 295 g/mol. The van der Waals surface area contributed by atoms with Crippen LogP contribution in [0.5, 0.6) is 0 Å². The lowest BCUT2D eigenvalue weighted by molar-refractivity contribution is -0.147. The SMILES string of the molecule is CCCN(Cc1nc(NC)ccc1Cl)CC(F)(F)F. The first-order valence-corrected chi connectivity index (χ1v) is 6.35. The number of aromatic nitrogens is 1. The third-order valence-electron chi connectivity index (χ3n) is 2.49. The smallest absolute Gasteiger partial charge is 0.373 e. The van der Waals surface area contributed by atoms with Gasteiger partial charge in [-0.1, -0.05) is 18.5 Å². The Bertz CT molecular complexity index is 410. The van der Waals surface area contributed by atoms with Crippen molar-refractivity contribution in [2.45, 2.75) is 26.1 Å². The van der Waals surface area contributed by atoms with E-state index in [9.17, 15) is 13.2 Å². The maximum atomic E-state index is 12.5. The summed E-state index contributed by atoms with van der Waals surface area (Å²) in [6, 6.07) is 3.31. The molecule has 1 aromatic heterocycles. The van der Waals surface area contributed by atoms with E-state index in [2.05, 4.69) is 10.3 Å². The first kappa shape index (κ1) is 16.0. The van der Waals surface area contributed by atoms with Gasteiger partial charge in [0.1, 0.15) is 5.82 Å². The number of nitrogens with zero attached hydrogens (tertiary/aromatic N) is 2. The molecule has 1 rings (SSSR count). The number of rotatable bonds is 6. The number of nitrogens with one attached hydrogen (secondary N) is 1. The summed E-state index contributed by atoms with van der Waals surface area (Å²) in [5.41, 5.74) is 0.450. The average Bonchev–Trinajstić information content (AvgIpc) is 2.30. The normalized spacial score (nSPS) is 11.9. The Balaban J connectivity index is 2.83. The Morgan fingerprint density at radius 1 is 1.37 bits per heavy atom. The molecule has 0 radical (unpaired) electrons. The molecule has 7 heteroatoms. The van der Waals surface area contributed by atoms with Crippen molar-refractivity contribution in [3.05, 3.63) is 22.8 Å². The largest absolute Gasteiger partial charge is 0.401 e. The number of halogens is 4. The summed E-state index contributed by atoms with van der Waals surface area (Å²) in [4.78, 5) is 5.49. The topological polar surface area (TPSA) is 28.2 Å². The van der Waals surface area contributed by atoms with Gasteiger partial charge in [-0.05, 0) is 25.1 Å². The predicted octanol–water partition coefficient (Wildman–Crippen LogP) is 3.55. The van der Waals surface area contributed by atoms with Crippen LogP contribution in [0.25, 0.3) is 0 Å². The first-order valence-electron chi connectivity index (χ1n) is 5.98. The molecule has 0 saturated carbocycles. The minimum absolute atomic E-state index is 0.0850. The number of alkyl halides is 3. The van der Waals surface area contributed by atoms with Crippen LogP contribution in [0.2, 0.25) is 5.02 Å². The number of hydrogen-bond donors (Lipinski definition) is 1. The average molecular weight is 296 g/mol. The molecule has 1 heterocycles. The molecule has 0 aliphatic heterocycles.